The minimum Gasteiger partial charge on any atom is -0.492 e. The number of hydrogen-bond acceptors (Lipinski definition) is 2. The molecule has 1 N–H and O–H groups in total. The van der Waals surface area contributed by atoms with Crippen LogP contribution in [0.2, 0.25) is 0 Å². The molecule has 1 aliphatic rings. The Labute approximate surface area is 104 Å². The minimum atomic E-state index is 0.496. The molecule has 2 nitrogen and oxygen atoms in total. The number of benzene rings is 1. The number of nitrogens with one attached hydrogen (secondary N) is 1. The first-order valence-corrected chi connectivity index (χ1v) is 6.75. The average Bonchev–Trinajstić information content (AvgIpc) is 2.42. The highest BCUT2D eigenvalue weighted by molar-refractivity contribution is 5.20. The summed E-state index contributed by atoms with van der Waals surface area (Å²) < 4.78 is 5.85. The molecule has 0 saturated heterocycles. The van der Waals surface area contributed by atoms with Crippen molar-refractivity contribution < 1.29 is 4.74 Å². The lowest BCUT2D eigenvalue weighted by molar-refractivity contribution is 0.192. The highest BCUT2D eigenvalue weighted by Crippen LogP contribution is 2.26. The summed E-state index contributed by atoms with van der Waals surface area (Å²) in [7, 11) is 2.05. The van der Waals surface area contributed by atoms with Gasteiger partial charge in [-0.05, 0) is 37.9 Å². The van der Waals surface area contributed by atoms with Crippen LogP contribution in [0.15, 0.2) is 30.3 Å². The van der Waals surface area contributed by atoms with Gasteiger partial charge >= 0.3 is 0 Å². The molecule has 0 aromatic heterocycles. The van der Waals surface area contributed by atoms with Crippen molar-refractivity contribution in [2.75, 3.05) is 13.7 Å². The minimum absolute atomic E-state index is 0.496. The van der Waals surface area contributed by atoms with Crippen LogP contribution in [-0.4, -0.2) is 19.7 Å². The normalized spacial score (nSPS) is 18.9. The maximum absolute atomic E-state index is 5.85. The number of likely N-dealkylation sites (N-methyl/N-ethyl adjacent to an activating group) is 1. The molecule has 1 saturated carbocycles. The van der Waals surface area contributed by atoms with Crippen LogP contribution in [0.4, 0.5) is 0 Å². The van der Waals surface area contributed by atoms with Gasteiger partial charge in [-0.2, -0.15) is 0 Å². The summed E-state index contributed by atoms with van der Waals surface area (Å²) in [5, 5.41) is 3.42. The van der Waals surface area contributed by atoms with Crippen molar-refractivity contribution >= 4 is 0 Å². The molecule has 2 rings (SSSR count). The van der Waals surface area contributed by atoms with E-state index in [4.69, 9.17) is 4.74 Å². The molecule has 1 aromatic rings. The van der Waals surface area contributed by atoms with Gasteiger partial charge in [0.25, 0.3) is 0 Å². The van der Waals surface area contributed by atoms with Crippen molar-refractivity contribution in [3.63, 3.8) is 0 Å². The first kappa shape index (κ1) is 12.4. The Kier molecular flexibility index (Phi) is 4.87. The molecule has 2 heteroatoms. The van der Waals surface area contributed by atoms with Crippen molar-refractivity contribution in [3.8, 4) is 5.75 Å². The van der Waals surface area contributed by atoms with E-state index in [1.807, 2.05) is 37.4 Å². The van der Waals surface area contributed by atoms with Crippen LogP contribution in [0.25, 0.3) is 0 Å². The predicted molar refractivity (Wildman–Crippen MR) is 71.4 cm³/mol. The largest absolute Gasteiger partial charge is 0.492 e. The van der Waals surface area contributed by atoms with E-state index in [-0.39, 0.29) is 0 Å². The van der Waals surface area contributed by atoms with Gasteiger partial charge in [-0.1, -0.05) is 37.5 Å². The van der Waals surface area contributed by atoms with Crippen LogP contribution in [0, 0.1) is 5.92 Å². The lowest BCUT2D eigenvalue weighted by Gasteiger charge is -2.29. The van der Waals surface area contributed by atoms with Gasteiger partial charge in [0.2, 0.25) is 0 Å². The van der Waals surface area contributed by atoms with E-state index in [1.54, 1.807) is 0 Å². The maximum atomic E-state index is 5.85. The number of hydrogen-bond donors (Lipinski definition) is 1. The van der Waals surface area contributed by atoms with Gasteiger partial charge in [-0.25, -0.2) is 0 Å². The molecule has 1 unspecified atom stereocenters. The van der Waals surface area contributed by atoms with Crippen LogP contribution in [0.3, 0.4) is 0 Å². The summed E-state index contributed by atoms with van der Waals surface area (Å²) in [6, 6.07) is 10.6. The highest BCUT2D eigenvalue weighted by Gasteiger charge is 2.22. The second-order valence-electron chi connectivity index (χ2n) is 4.92. The summed E-state index contributed by atoms with van der Waals surface area (Å²) in [6.07, 6.45) is 6.88. The third kappa shape index (κ3) is 3.74. The smallest absolute Gasteiger partial charge is 0.119 e. The zero-order valence-electron chi connectivity index (χ0n) is 10.7. The zero-order valence-corrected chi connectivity index (χ0v) is 10.7. The second-order valence-corrected chi connectivity index (χ2v) is 4.92. The van der Waals surface area contributed by atoms with Gasteiger partial charge in [0, 0.05) is 6.04 Å². The van der Waals surface area contributed by atoms with Gasteiger partial charge < -0.3 is 10.1 Å². The molecular weight excluding hydrogens is 210 g/mol. The molecular formula is C15H23NO. The molecule has 0 spiro atoms. The van der Waals surface area contributed by atoms with Crippen LogP contribution < -0.4 is 10.1 Å². The first-order valence-electron chi connectivity index (χ1n) is 6.75. The Morgan fingerprint density at radius 2 is 1.88 bits per heavy atom. The molecule has 0 radical (unpaired) electrons. The Balaban J connectivity index is 1.82. The van der Waals surface area contributed by atoms with Crippen LogP contribution in [-0.2, 0) is 0 Å². The molecule has 1 aromatic carbocycles. The van der Waals surface area contributed by atoms with Crippen molar-refractivity contribution in [2.24, 2.45) is 5.92 Å². The topological polar surface area (TPSA) is 21.3 Å². The van der Waals surface area contributed by atoms with E-state index in [0.717, 1.165) is 18.3 Å². The summed E-state index contributed by atoms with van der Waals surface area (Å²) in [6.45, 7) is 0.783. The fourth-order valence-corrected chi connectivity index (χ4v) is 2.69. The summed E-state index contributed by atoms with van der Waals surface area (Å²) in [5.74, 6) is 1.76. The van der Waals surface area contributed by atoms with Crippen LogP contribution in [0.5, 0.6) is 5.75 Å². The van der Waals surface area contributed by atoms with Crippen molar-refractivity contribution in [1.29, 1.82) is 0 Å². The van der Waals surface area contributed by atoms with E-state index < -0.39 is 0 Å². The van der Waals surface area contributed by atoms with E-state index in [9.17, 15) is 0 Å². The molecule has 1 fully saturated rings. The first-order chi connectivity index (χ1) is 8.40. The molecule has 0 amide bonds. The number of rotatable bonds is 5. The standard InChI is InChI=1S/C15H23NO/c1-16-15(13-8-4-2-5-9-13)12-17-14-10-6-3-7-11-14/h3,6-7,10-11,13,15-16H,2,4-5,8-9,12H2,1H3. The van der Waals surface area contributed by atoms with Gasteiger partial charge in [0.05, 0.1) is 0 Å². The average molecular weight is 233 g/mol. The fraction of sp³-hybridized carbons (Fsp3) is 0.600. The Hall–Kier alpha value is -1.02. The third-order valence-electron chi connectivity index (χ3n) is 3.76. The molecule has 17 heavy (non-hydrogen) atoms. The highest BCUT2D eigenvalue weighted by atomic mass is 16.5. The lowest BCUT2D eigenvalue weighted by Crippen LogP contribution is -2.39. The lowest BCUT2D eigenvalue weighted by atomic mass is 9.84. The second kappa shape index (κ2) is 6.65. The van der Waals surface area contributed by atoms with Gasteiger partial charge in [0.1, 0.15) is 12.4 Å². The quantitative estimate of drug-likeness (QED) is 0.843. The van der Waals surface area contributed by atoms with Crippen molar-refractivity contribution in [2.45, 2.75) is 38.1 Å². The summed E-state index contributed by atoms with van der Waals surface area (Å²) in [4.78, 5) is 0. The molecule has 0 aliphatic heterocycles. The summed E-state index contributed by atoms with van der Waals surface area (Å²) >= 11 is 0. The molecule has 1 atom stereocenters. The fourth-order valence-electron chi connectivity index (χ4n) is 2.69. The van der Waals surface area contributed by atoms with Crippen LogP contribution >= 0.6 is 0 Å². The number of ether oxygens (including phenoxy) is 1. The van der Waals surface area contributed by atoms with E-state index >= 15 is 0 Å². The van der Waals surface area contributed by atoms with E-state index in [2.05, 4.69) is 5.32 Å². The van der Waals surface area contributed by atoms with Crippen LogP contribution in [0.1, 0.15) is 32.1 Å². The van der Waals surface area contributed by atoms with Gasteiger partial charge in [0.15, 0.2) is 0 Å². The molecule has 1 aliphatic carbocycles. The Bertz CT molecular complexity index is 306. The number of para-hydroxylation sites is 1. The molecule has 0 bridgehead atoms. The van der Waals surface area contributed by atoms with Crippen molar-refractivity contribution in [1.82, 2.24) is 5.32 Å². The third-order valence-corrected chi connectivity index (χ3v) is 3.76. The zero-order chi connectivity index (χ0) is 11.9. The van der Waals surface area contributed by atoms with E-state index in [0.29, 0.717) is 6.04 Å². The van der Waals surface area contributed by atoms with Crippen molar-refractivity contribution in [3.05, 3.63) is 30.3 Å². The maximum Gasteiger partial charge on any atom is 0.119 e. The van der Waals surface area contributed by atoms with E-state index in [1.165, 1.54) is 32.1 Å². The molecule has 94 valence electrons. The monoisotopic (exact) mass is 233 g/mol. The Morgan fingerprint density at radius 1 is 1.18 bits per heavy atom. The Morgan fingerprint density at radius 3 is 2.53 bits per heavy atom. The van der Waals surface area contributed by atoms with Gasteiger partial charge in [-0.3, -0.25) is 0 Å². The van der Waals surface area contributed by atoms with Gasteiger partial charge in [-0.15, -0.1) is 0 Å². The predicted octanol–water partition coefficient (Wildman–Crippen LogP) is 3.23. The summed E-state index contributed by atoms with van der Waals surface area (Å²) in [5.41, 5.74) is 0. The SMILES string of the molecule is CNC(COc1ccccc1)C1CCCCC1. The molecule has 0 heterocycles.